The number of nitrogens with zero attached hydrogens (tertiary/aromatic N) is 3. The number of hydrogen-bond acceptors (Lipinski definition) is 4. The summed E-state index contributed by atoms with van der Waals surface area (Å²) in [5, 5.41) is 15.7. The summed E-state index contributed by atoms with van der Waals surface area (Å²) >= 11 is 0. The second-order valence-electron chi connectivity index (χ2n) is 4.42. The largest absolute Gasteiger partial charge is 0.395 e. The first-order valence-corrected chi connectivity index (χ1v) is 6.31. The van der Waals surface area contributed by atoms with Crippen LogP contribution in [0.4, 0.5) is 15.8 Å². The van der Waals surface area contributed by atoms with E-state index in [2.05, 4.69) is 10.4 Å². The predicted octanol–water partition coefficient (Wildman–Crippen LogP) is 2.06. The first-order chi connectivity index (χ1) is 9.97. The van der Waals surface area contributed by atoms with Gasteiger partial charge in [0.1, 0.15) is 17.6 Å². The van der Waals surface area contributed by atoms with Crippen LogP contribution in [0, 0.1) is 24.1 Å². The van der Waals surface area contributed by atoms with Gasteiger partial charge in [0, 0.05) is 6.54 Å². The van der Waals surface area contributed by atoms with E-state index >= 15 is 0 Å². The zero-order chi connectivity index (χ0) is 15.6. The van der Waals surface area contributed by atoms with E-state index in [0.717, 1.165) is 6.07 Å². The summed E-state index contributed by atoms with van der Waals surface area (Å²) < 4.78 is 14.6. The number of nitrogen functional groups attached to an aromatic ring is 1. The highest BCUT2D eigenvalue weighted by Crippen LogP contribution is 2.21. The summed E-state index contributed by atoms with van der Waals surface area (Å²) in [4.78, 5) is 12.3. The van der Waals surface area contributed by atoms with Crippen molar-refractivity contribution in [1.82, 2.24) is 9.78 Å². The highest BCUT2D eigenvalue weighted by molar-refractivity contribution is 6.07. The molecular weight excluding hydrogens is 273 g/mol. The Hall–Kier alpha value is -2.88. The van der Waals surface area contributed by atoms with Crippen LogP contribution in [0.2, 0.25) is 0 Å². The van der Waals surface area contributed by atoms with Gasteiger partial charge >= 0.3 is 0 Å². The first kappa shape index (κ1) is 14.5. The molecule has 0 saturated carbocycles. The number of nitriles is 1. The first-order valence-electron chi connectivity index (χ1n) is 6.31. The molecule has 1 amide bonds. The Morgan fingerprint density at radius 2 is 2.29 bits per heavy atom. The van der Waals surface area contributed by atoms with Gasteiger partial charge < -0.3 is 11.1 Å². The van der Waals surface area contributed by atoms with E-state index in [9.17, 15) is 9.18 Å². The summed E-state index contributed by atoms with van der Waals surface area (Å²) in [6.07, 6.45) is 0. The third-order valence-electron chi connectivity index (χ3n) is 3.04. The summed E-state index contributed by atoms with van der Waals surface area (Å²) in [6, 6.07) is 5.39. The number of aryl methyl sites for hydroxylation is 2. The average molecular weight is 287 g/mol. The maximum atomic E-state index is 13.1. The topological polar surface area (TPSA) is 96.7 Å². The van der Waals surface area contributed by atoms with Crippen LogP contribution in [0.25, 0.3) is 0 Å². The Balaban J connectivity index is 2.37. The molecule has 0 aliphatic carbocycles. The van der Waals surface area contributed by atoms with E-state index in [1.165, 1.54) is 16.8 Å². The van der Waals surface area contributed by atoms with Crippen molar-refractivity contribution >= 4 is 17.3 Å². The van der Waals surface area contributed by atoms with Crippen molar-refractivity contribution in [3.05, 3.63) is 41.0 Å². The van der Waals surface area contributed by atoms with E-state index in [-0.39, 0.29) is 22.6 Å². The molecule has 108 valence electrons. The molecule has 0 saturated heterocycles. The van der Waals surface area contributed by atoms with E-state index in [1.54, 1.807) is 6.92 Å². The fourth-order valence-electron chi connectivity index (χ4n) is 1.96. The summed E-state index contributed by atoms with van der Waals surface area (Å²) in [5.41, 5.74) is 7.20. The Morgan fingerprint density at radius 3 is 2.90 bits per heavy atom. The molecule has 2 rings (SSSR count). The van der Waals surface area contributed by atoms with Crippen molar-refractivity contribution in [2.24, 2.45) is 0 Å². The molecule has 0 spiro atoms. The SMILES string of the molecule is CCn1nc(C)c(N)c1C(=O)Nc1ccc(F)cc1C#N. The van der Waals surface area contributed by atoms with Crippen LogP contribution in [0.5, 0.6) is 0 Å². The number of carbonyl (C=O) groups excluding carboxylic acids is 1. The third-order valence-corrected chi connectivity index (χ3v) is 3.04. The van der Waals surface area contributed by atoms with Gasteiger partial charge in [0.05, 0.1) is 22.6 Å². The van der Waals surface area contributed by atoms with Crippen LogP contribution in [0.15, 0.2) is 18.2 Å². The minimum absolute atomic E-state index is 0.0428. The van der Waals surface area contributed by atoms with Crippen LogP contribution in [0.3, 0.4) is 0 Å². The number of amides is 1. The highest BCUT2D eigenvalue weighted by Gasteiger charge is 2.20. The molecule has 0 atom stereocenters. The Bertz CT molecular complexity index is 745. The molecule has 0 radical (unpaired) electrons. The van der Waals surface area contributed by atoms with Gasteiger partial charge in [-0.15, -0.1) is 0 Å². The molecule has 2 aromatic rings. The number of hydrogen-bond donors (Lipinski definition) is 2. The van der Waals surface area contributed by atoms with Crippen molar-refractivity contribution in [1.29, 1.82) is 5.26 Å². The molecule has 7 heteroatoms. The quantitative estimate of drug-likeness (QED) is 0.902. The summed E-state index contributed by atoms with van der Waals surface area (Å²) in [7, 11) is 0. The number of benzene rings is 1. The Morgan fingerprint density at radius 1 is 1.57 bits per heavy atom. The molecule has 0 aliphatic heterocycles. The van der Waals surface area contributed by atoms with Crippen LogP contribution in [-0.2, 0) is 6.54 Å². The van der Waals surface area contributed by atoms with Crippen LogP contribution >= 0.6 is 0 Å². The summed E-state index contributed by atoms with van der Waals surface area (Å²) in [6.45, 7) is 4.02. The van der Waals surface area contributed by atoms with Crippen LogP contribution in [-0.4, -0.2) is 15.7 Å². The van der Waals surface area contributed by atoms with Gasteiger partial charge in [0.25, 0.3) is 5.91 Å². The van der Waals surface area contributed by atoms with Crippen molar-refractivity contribution in [2.75, 3.05) is 11.1 Å². The van der Waals surface area contributed by atoms with Crippen molar-refractivity contribution < 1.29 is 9.18 Å². The maximum absolute atomic E-state index is 13.1. The molecule has 1 heterocycles. The predicted molar refractivity (Wildman–Crippen MR) is 76.1 cm³/mol. The van der Waals surface area contributed by atoms with Crippen molar-refractivity contribution in [2.45, 2.75) is 20.4 Å². The zero-order valence-corrected chi connectivity index (χ0v) is 11.6. The number of rotatable bonds is 3. The van der Waals surface area contributed by atoms with Gasteiger partial charge in [0.15, 0.2) is 0 Å². The summed E-state index contributed by atoms with van der Waals surface area (Å²) in [5.74, 6) is -1.03. The lowest BCUT2D eigenvalue weighted by Crippen LogP contribution is -2.19. The van der Waals surface area contributed by atoms with Gasteiger partial charge in [-0.2, -0.15) is 10.4 Å². The fraction of sp³-hybridized carbons (Fsp3) is 0.214. The molecular formula is C14H14FN5O. The van der Waals surface area contributed by atoms with Gasteiger partial charge in [-0.05, 0) is 32.0 Å². The lowest BCUT2D eigenvalue weighted by Gasteiger charge is -2.09. The van der Waals surface area contributed by atoms with Crippen molar-refractivity contribution in [3.8, 4) is 6.07 Å². The van der Waals surface area contributed by atoms with E-state index < -0.39 is 11.7 Å². The van der Waals surface area contributed by atoms with Gasteiger partial charge in [-0.3, -0.25) is 9.48 Å². The second kappa shape index (κ2) is 5.63. The number of anilines is 2. The fourth-order valence-corrected chi connectivity index (χ4v) is 1.96. The van der Waals surface area contributed by atoms with E-state index in [0.29, 0.717) is 12.2 Å². The molecule has 1 aromatic heterocycles. The molecule has 6 nitrogen and oxygen atoms in total. The molecule has 1 aromatic carbocycles. The monoisotopic (exact) mass is 287 g/mol. The minimum Gasteiger partial charge on any atom is -0.395 e. The number of nitrogens with one attached hydrogen (secondary N) is 1. The van der Waals surface area contributed by atoms with E-state index in [1.807, 2.05) is 13.0 Å². The third kappa shape index (κ3) is 2.69. The normalized spacial score (nSPS) is 10.2. The average Bonchev–Trinajstić information content (AvgIpc) is 2.76. The number of aromatic nitrogens is 2. The second-order valence-corrected chi connectivity index (χ2v) is 4.42. The molecule has 0 bridgehead atoms. The molecule has 0 unspecified atom stereocenters. The lowest BCUT2D eigenvalue weighted by atomic mass is 10.2. The van der Waals surface area contributed by atoms with E-state index in [4.69, 9.17) is 11.0 Å². The molecule has 0 aliphatic rings. The molecule has 0 fully saturated rings. The number of nitrogens with two attached hydrogens (primary N) is 1. The lowest BCUT2D eigenvalue weighted by molar-refractivity contribution is 0.101. The maximum Gasteiger partial charge on any atom is 0.276 e. The van der Waals surface area contributed by atoms with Gasteiger partial charge in [-0.1, -0.05) is 0 Å². The molecule has 21 heavy (non-hydrogen) atoms. The standard InChI is InChI=1S/C14H14FN5O/c1-3-20-13(12(17)8(2)19-20)14(21)18-11-5-4-10(15)6-9(11)7-16/h4-6H,3,17H2,1-2H3,(H,18,21). The van der Waals surface area contributed by atoms with Crippen LogP contribution in [0.1, 0.15) is 28.7 Å². The minimum atomic E-state index is -0.543. The number of halogens is 1. The van der Waals surface area contributed by atoms with Gasteiger partial charge in [-0.25, -0.2) is 4.39 Å². The highest BCUT2D eigenvalue weighted by atomic mass is 19.1. The van der Waals surface area contributed by atoms with Crippen LogP contribution < -0.4 is 11.1 Å². The molecule has 3 N–H and O–H groups in total. The smallest absolute Gasteiger partial charge is 0.276 e. The van der Waals surface area contributed by atoms with Crippen molar-refractivity contribution in [3.63, 3.8) is 0 Å². The zero-order valence-electron chi connectivity index (χ0n) is 11.6. The van der Waals surface area contributed by atoms with Gasteiger partial charge in [0.2, 0.25) is 0 Å². The number of carbonyl (C=O) groups is 1. The Labute approximate surface area is 121 Å². The Kier molecular flexibility index (Phi) is 3.89.